The molecule has 0 N–H and O–H groups in total. The summed E-state index contributed by atoms with van der Waals surface area (Å²) >= 11 is 0. The van der Waals surface area contributed by atoms with E-state index >= 15 is 0 Å². The van der Waals surface area contributed by atoms with Gasteiger partial charge in [-0.05, 0) is 55.9 Å². The molecule has 0 saturated carbocycles. The minimum atomic E-state index is -3.49. The van der Waals surface area contributed by atoms with E-state index in [9.17, 15) is 8.42 Å². The van der Waals surface area contributed by atoms with Crippen molar-refractivity contribution < 1.29 is 17.9 Å². The zero-order valence-electron chi connectivity index (χ0n) is 16.4. The van der Waals surface area contributed by atoms with Crippen molar-refractivity contribution in [3.05, 3.63) is 54.6 Å². The Kier molecular flexibility index (Phi) is 6.24. The molecule has 2 aromatic rings. The van der Waals surface area contributed by atoms with Gasteiger partial charge in [-0.2, -0.15) is 4.31 Å². The van der Waals surface area contributed by atoms with Crippen LogP contribution in [-0.4, -0.2) is 54.6 Å². The molecule has 1 unspecified atom stereocenters. The minimum absolute atomic E-state index is 0.227. The van der Waals surface area contributed by atoms with Crippen molar-refractivity contribution in [3.8, 4) is 0 Å². The van der Waals surface area contributed by atoms with Crippen LogP contribution in [0.5, 0.6) is 0 Å². The number of rotatable bonds is 7. The number of pyridine rings is 2. The van der Waals surface area contributed by atoms with E-state index in [0.717, 1.165) is 38.0 Å². The van der Waals surface area contributed by atoms with Crippen molar-refractivity contribution in [2.24, 2.45) is 5.92 Å². The number of sulfonamides is 1. The molecule has 0 amide bonds. The SMILES string of the molecule is O=S(=O)(c1cccnc1)N1CCC2(CC1)OCCC2CCOCc1ccccn1. The molecule has 0 radical (unpaired) electrons. The van der Waals surface area contributed by atoms with Crippen LogP contribution in [0.4, 0.5) is 0 Å². The highest BCUT2D eigenvalue weighted by atomic mass is 32.2. The van der Waals surface area contributed by atoms with Crippen LogP contribution in [0.15, 0.2) is 53.8 Å². The number of nitrogens with zero attached hydrogens (tertiary/aromatic N) is 3. The van der Waals surface area contributed by atoms with Gasteiger partial charge in [0.15, 0.2) is 0 Å². The van der Waals surface area contributed by atoms with Crippen LogP contribution in [0.2, 0.25) is 0 Å². The number of hydrogen-bond acceptors (Lipinski definition) is 6. The second-order valence-corrected chi connectivity index (χ2v) is 9.59. The van der Waals surface area contributed by atoms with Gasteiger partial charge < -0.3 is 9.47 Å². The van der Waals surface area contributed by atoms with E-state index in [2.05, 4.69) is 9.97 Å². The van der Waals surface area contributed by atoms with Gasteiger partial charge in [-0.3, -0.25) is 9.97 Å². The molecular weight excluding hydrogens is 390 g/mol. The third kappa shape index (κ3) is 4.50. The lowest BCUT2D eigenvalue weighted by molar-refractivity contribution is -0.0619. The first-order valence-corrected chi connectivity index (χ1v) is 11.6. The standard InChI is InChI=1S/C21H27N3O4S/c25-29(26,20-5-3-10-22-16-20)24-12-8-21(9-13-24)18(7-15-28-21)6-14-27-17-19-4-1-2-11-23-19/h1-5,10-11,16,18H,6-9,12-15,17H2. The molecule has 2 aliphatic rings. The quantitative estimate of drug-likeness (QED) is 0.644. The molecule has 1 atom stereocenters. The minimum Gasteiger partial charge on any atom is -0.375 e. The van der Waals surface area contributed by atoms with Crippen LogP contribution < -0.4 is 0 Å². The molecule has 0 aliphatic carbocycles. The highest BCUT2D eigenvalue weighted by Crippen LogP contribution is 2.43. The Morgan fingerprint density at radius 3 is 2.76 bits per heavy atom. The average molecular weight is 418 g/mol. The monoisotopic (exact) mass is 417 g/mol. The summed E-state index contributed by atoms with van der Waals surface area (Å²) in [5.41, 5.74) is 0.703. The molecule has 2 aliphatic heterocycles. The van der Waals surface area contributed by atoms with Gasteiger partial charge in [0.1, 0.15) is 4.90 Å². The molecular formula is C21H27N3O4S. The van der Waals surface area contributed by atoms with Gasteiger partial charge in [-0.15, -0.1) is 0 Å². The molecule has 4 heterocycles. The number of aromatic nitrogens is 2. The second kappa shape index (κ2) is 8.87. The largest absolute Gasteiger partial charge is 0.375 e. The molecule has 1 spiro atoms. The number of piperidine rings is 1. The van der Waals surface area contributed by atoms with Crippen molar-refractivity contribution in [1.29, 1.82) is 0 Å². The molecule has 0 aromatic carbocycles. The van der Waals surface area contributed by atoms with Crippen molar-refractivity contribution in [2.45, 2.75) is 42.8 Å². The van der Waals surface area contributed by atoms with Gasteiger partial charge >= 0.3 is 0 Å². The maximum atomic E-state index is 12.8. The summed E-state index contributed by atoms with van der Waals surface area (Å²) in [4.78, 5) is 8.47. The summed E-state index contributed by atoms with van der Waals surface area (Å²) in [5.74, 6) is 0.398. The molecule has 2 saturated heterocycles. The lowest BCUT2D eigenvalue weighted by Crippen LogP contribution is -2.49. The van der Waals surface area contributed by atoms with Crippen LogP contribution in [0.25, 0.3) is 0 Å². The fourth-order valence-electron chi connectivity index (χ4n) is 4.38. The molecule has 29 heavy (non-hydrogen) atoms. The third-order valence-corrected chi connectivity index (χ3v) is 7.91. The van der Waals surface area contributed by atoms with E-state index in [4.69, 9.17) is 9.47 Å². The topological polar surface area (TPSA) is 81.6 Å². The Morgan fingerprint density at radius 2 is 2.03 bits per heavy atom. The van der Waals surface area contributed by atoms with Crippen molar-refractivity contribution >= 4 is 10.0 Å². The Hall–Kier alpha value is -1.87. The van der Waals surface area contributed by atoms with Gasteiger partial charge in [0.2, 0.25) is 10.0 Å². The second-order valence-electron chi connectivity index (χ2n) is 7.65. The maximum Gasteiger partial charge on any atom is 0.244 e. The van der Waals surface area contributed by atoms with E-state index < -0.39 is 10.0 Å². The van der Waals surface area contributed by atoms with Gasteiger partial charge in [0.25, 0.3) is 0 Å². The van der Waals surface area contributed by atoms with E-state index in [1.807, 2.05) is 18.2 Å². The summed E-state index contributed by atoms with van der Waals surface area (Å²) < 4.78 is 39.2. The van der Waals surface area contributed by atoms with E-state index in [1.165, 1.54) is 6.20 Å². The summed E-state index contributed by atoms with van der Waals surface area (Å²) in [7, 11) is -3.49. The Morgan fingerprint density at radius 1 is 1.17 bits per heavy atom. The first-order valence-electron chi connectivity index (χ1n) is 10.1. The highest BCUT2D eigenvalue weighted by molar-refractivity contribution is 7.89. The van der Waals surface area contributed by atoms with Gasteiger partial charge in [0, 0.05) is 44.9 Å². The molecule has 0 bridgehead atoms. The number of ether oxygens (including phenoxy) is 2. The summed E-state index contributed by atoms with van der Waals surface area (Å²) in [6, 6.07) is 9.06. The number of hydrogen-bond donors (Lipinski definition) is 0. The fourth-order valence-corrected chi connectivity index (χ4v) is 5.79. The normalized spacial score (nSPS) is 22.1. The van der Waals surface area contributed by atoms with Crippen molar-refractivity contribution in [1.82, 2.24) is 14.3 Å². The summed E-state index contributed by atoms with van der Waals surface area (Å²) in [6.07, 6.45) is 8.12. The zero-order valence-corrected chi connectivity index (χ0v) is 17.3. The third-order valence-electron chi connectivity index (χ3n) is 6.03. The lowest BCUT2D eigenvalue weighted by Gasteiger charge is -2.41. The van der Waals surface area contributed by atoms with Crippen LogP contribution >= 0.6 is 0 Å². The Labute approximate surface area is 172 Å². The smallest absolute Gasteiger partial charge is 0.244 e. The molecule has 4 rings (SSSR count). The first-order chi connectivity index (χ1) is 14.1. The molecule has 156 valence electrons. The Bertz CT molecular complexity index is 885. The van der Waals surface area contributed by atoms with E-state index in [0.29, 0.717) is 32.2 Å². The first kappa shape index (κ1) is 20.4. The van der Waals surface area contributed by atoms with Crippen LogP contribution in [0.1, 0.15) is 31.4 Å². The van der Waals surface area contributed by atoms with Gasteiger partial charge in [-0.25, -0.2) is 8.42 Å². The van der Waals surface area contributed by atoms with Crippen LogP contribution in [0.3, 0.4) is 0 Å². The predicted molar refractivity (Wildman–Crippen MR) is 108 cm³/mol. The molecule has 2 fully saturated rings. The zero-order chi connectivity index (χ0) is 20.2. The van der Waals surface area contributed by atoms with Crippen molar-refractivity contribution in [2.75, 3.05) is 26.3 Å². The van der Waals surface area contributed by atoms with Crippen LogP contribution in [0, 0.1) is 5.92 Å². The summed E-state index contributed by atoms with van der Waals surface area (Å²) in [6.45, 7) is 2.86. The Balaban J connectivity index is 1.31. The van der Waals surface area contributed by atoms with E-state index in [1.54, 1.807) is 28.8 Å². The van der Waals surface area contributed by atoms with Gasteiger partial charge in [-0.1, -0.05) is 6.07 Å². The molecule has 8 heteroatoms. The maximum absolute atomic E-state index is 12.8. The average Bonchev–Trinajstić information content (AvgIpc) is 3.14. The lowest BCUT2D eigenvalue weighted by atomic mass is 9.78. The predicted octanol–water partition coefficient (Wildman–Crippen LogP) is 2.64. The van der Waals surface area contributed by atoms with Gasteiger partial charge in [0.05, 0.1) is 17.9 Å². The fraction of sp³-hybridized carbons (Fsp3) is 0.524. The summed E-state index contributed by atoms with van der Waals surface area (Å²) in [5, 5.41) is 0. The van der Waals surface area contributed by atoms with Crippen LogP contribution in [-0.2, 0) is 26.1 Å². The van der Waals surface area contributed by atoms with Crippen molar-refractivity contribution in [3.63, 3.8) is 0 Å². The molecule has 7 nitrogen and oxygen atoms in total. The molecule has 2 aromatic heterocycles. The van der Waals surface area contributed by atoms with E-state index in [-0.39, 0.29) is 10.5 Å². The highest BCUT2D eigenvalue weighted by Gasteiger charge is 2.47.